The molecular weight excluding hydrogens is 586 g/mol. The van der Waals surface area contributed by atoms with Gasteiger partial charge in [0.2, 0.25) is 5.91 Å². The number of nitrogens with zero attached hydrogens (tertiary/aromatic N) is 3. The Balaban J connectivity index is 1.54. The summed E-state index contributed by atoms with van der Waals surface area (Å²) in [6.07, 6.45) is 0.720. The van der Waals surface area contributed by atoms with E-state index < -0.39 is 34.8 Å². The zero-order chi connectivity index (χ0) is 28.6. The quantitative estimate of drug-likeness (QED) is 0.148. The molecule has 2 aliphatic rings. The predicted molar refractivity (Wildman–Crippen MR) is 148 cm³/mol. The van der Waals surface area contributed by atoms with Gasteiger partial charge in [-0.25, -0.2) is 9.96 Å². The minimum Gasteiger partial charge on any atom is -0.503 e. The number of halogens is 1. The molecule has 5 rings (SSSR count). The molecule has 3 aromatic carbocycles. The maximum atomic E-state index is 13.9. The number of carbonyl (C=O) groups excluding carboxylic acids is 2. The van der Waals surface area contributed by atoms with E-state index in [2.05, 4.69) is 22.9 Å². The van der Waals surface area contributed by atoms with Gasteiger partial charge < -0.3 is 14.6 Å². The summed E-state index contributed by atoms with van der Waals surface area (Å²) in [5.74, 6) is -1.41. The Morgan fingerprint density at radius 3 is 2.50 bits per heavy atom. The maximum Gasteiger partial charge on any atom is 0.271 e. The first-order valence-corrected chi connectivity index (χ1v) is 13.4. The first-order valence-electron chi connectivity index (χ1n) is 12.6. The van der Waals surface area contributed by atoms with E-state index in [1.807, 2.05) is 0 Å². The number of amides is 2. The summed E-state index contributed by atoms with van der Waals surface area (Å²) in [7, 11) is 1.39. The van der Waals surface area contributed by atoms with Crippen LogP contribution in [0.25, 0.3) is 0 Å². The number of rotatable bonds is 9. The molecule has 1 N–H and O–H groups in total. The van der Waals surface area contributed by atoms with Gasteiger partial charge in [-0.1, -0.05) is 19.4 Å². The van der Waals surface area contributed by atoms with Crippen LogP contribution < -0.4 is 19.4 Å². The van der Waals surface area contributed by atoms with Crippen molar-refractivity contribution in [3.63, 3.8) is 0 Å². The average molecular weight is 612 g/mol. The van der Waals surface area contributed by atoms with E-state index >= 15 is 0 Å². The van der Waals surface area contributed by atoms with Crippen LogP contribution in [0.5, 0.6) is 17.2 Å². The molecule has 2 saturated heterocycles. The number of aromatic hydroxyl groups is 1. The van der Waals surface area contributed by atoms with Crippen LogP contribution in [0.4, 0.5) is 17.1 Å². The number of hydroxylamine groups is 1. The largest absolute Gasteiger partial charge is 0.503 e. The minimum absolute atomic E-state index is 0.138. The predicted octanol–water partition coefficient (Wildman–Crippen LogP) is 5.30. The number of imide groups is 1. The van der Waals surface area contributed by atoms with Crippen molar-refractivity contribution in [2.75, 3.05) is 23.7 Å². The van der Waals surface area contributed by atoms with Crippen LogP contribution >= 0.6 is 15.9 Å². The third-order valence-electron chi connectivity index (χ3n) is 6.88. The van der Waals surface area contributed by atoms with E-state index in [-0.39, 0.29) is 22.9 Å². The molecule has 2 fully saturated rings. The Hall–Kier alpha value is -4.16. The molecule has 208 valence electrons. The number of phenolic OH excluding ortho intramolecular Hbond substituents is 1. The highest BCUT2D eigenvalue weighted by atomic mass is 79.9. The molecule has 12 heteroatoms. The van der Waals surface area contributed by atoms with Gasteiger partial charge in [0.15, 0.2) is 17.6 Å². The normalized spacial score (nSPS) is 20.1. The molecule has 40 heavy (non-hydrogen) atoms. The molecular formula is C28H26BrN3O8. The molecule has 2 aliphatic heterocycles. The van der Waals surface area contributed by atoms with Crippen molar-refractivity contribution in [1.82, 2.24) is 0 Å². The maximum absolute atomic E-state index is 13.9. The lowest BCUT2D eigenvalue weighted by atomic mass is 9.90. The number of fused-ring (bicyclic) bond motifs is 1. The number of hydrogen-bond acceptors (Lipinski definition) is 9. The summed E-state index contributed by atoms with van der Waals surface area (Å²) in [5.41, 5.74) is 0.976. The van der Waals surface area contributed by atoms with Crippen LogP contribution in [-0.2, 0) is 14.4 Å². The number of benzene rings is 3. The standard InChI is InChI=1S/C28H26BrN3O8/c1-3-4-12-39-20-10-8-17(9-11-20)30-27(34)23-24(16-13-21(29)25(33)22(14-16)38-2)31(40-26(23)28(30)35)18-6-5-7-19(15-18)32(36)37/h5-11,13-15,23-24,26,33H,3-4,12H2,1-2H3/t23-,24-,26+/m1/s1. The molecule has 11 nitrogen and oxygen atoms in total. The van der Waals surface area contributed by atoms with Crippen LogP contribution in [0.2, 0.25) is 0 Å². The summed E-state index contributed by atoms with van der Waals surface area (Å²) in [4.78, 5) is 45.6. The Kier molecular flexibility index (Phi) is 7.63. The van der Waals surface area contributed by atoms with Crippen molar-refractivity contribution in [1.29, 1.82) is 0 Å². The number of carbonyl (C=O) groups is 2. The smallest absolute Gasteiger partial charge is 0.271 e. The molecule has 0 spiro atoms. The lowest BCUT2D eigenvalue weighted by Crippen LogP contribution is -2.37. The summed E-state index contributed by atoms with van der Waals surface area (Å²) in [6.45, 7) is 2.63. The minimum atomic E-state index is -1.18. The zero-order valence-electron chi connectivity index (χ0n) is 21.7. The summed E-state index contributed by atoms with van der Waals surface area (Å²) in [6, 6.07) is 14.7. The molecule has 0 unspecified atom stereocenters. The van der Waals surface area contributed by atoms with E-state index in [1.165, 1.54) is 30.4 Å². The number of non-ortho nitro benzene ring substituents is 1. The zero-order valence-corrected chi connectivity index (χ0v) is 23.2. The van der Waals surface area contributed by atoms with E-state index in [4.69, 9.17) is 14.3 Å². The highest BCUT2D eigenvalue weighted by molar-refractivity contribution is 9.10. The second-order valence-electron chi connectivity index (χ2n) is 9.36. The second kappa shape index (κ2) is 11.1. The number of nitro groups is 1. The molecule has 3 aromatic rings. The number of methoxy groups -OCH3 is 1. The third-order valence-corrected chi connectivity index (χ3v) is 7.49. The Bertz CT molecular complexity index is 1460. The Labute approximate surface area is 238 Å². The monoisotopic (exact) mass is 611 g/mol. The second-order valence-corrected chi connectivity index (χ2v) is 10.2. The van der Waals surface area contributed by atoms with Gasteiger partial charge in [-0.3, -0.25) is 24.5 Å². The van der Waals surface area contributed by atoms with Crippen LogP contribution in [-0.4, -0.2) is 41.7 Å². The number of ether oxygens (including phenoxy) is 2. The molecule has 0 radical (unpaired) electrons. The lowest BCUT2D eigenvalue weighted by molar-refractivity contribution is -0.384. The molecule has 3 atom stereocenters. The SMILES string of the molecule is CCCCOc1ccc(N2C(=O)[C@H]3[C@H](ON(c4cccc([N+](=O)[O-])c4)[C@@H]3c3cc(Br)c(O)c(OC)c3)C2=O)cc1. The van der Waals surface area contributed by atoms with Gasteiger partial charge in [0.1, 0.15) is 11.7 Å². The number of anilines is 2. The van der Waals surface area contributed by atoms with Crippen LogP contribution in [0.3, 0.4) is 0 Å². The van der Waals surface area contributed by atoms with E-state index in [9.17, 15) is 24.8 Å². The van der Waals surface area contributed by atoms with Crippen LogP contribution in [0, 0.1) is 16.0 Å². The first-order chi connectivity index (χ1) is 19.2. The van der Waals surface area contributed by atoms with E-state index in [1.54, 1.807) is 42.5 Å². The lowest BCUT2D eigenvalue weighted by Gasteiger charge is -2.29. The van der Waals surface area contributed by atoms with Crippen molar-refractivity contribution in [3.05, 3.63) is 80.8 Å². The third kappa shape index (κ3) is 4.84. The fourth-order valence-corrected chi connectivity index (χ4v) is 5.38. The molecule has 0 aliphatic carbocycles. The fourth-order valence-electron chi connectivity index (χ4n) is 4.92. The Morgan fingerprint density at radius 1 is 1.07 bits per heavy atom. The van der Waals surface area contributed by atoms with Crippen molar-refractivity contribution in [2.45, 2.75) is 31.9 Å². The van der Waals surface area contributed by atoms with Crippen molar-refractivity contribution in [2.24, 2.45) is 5.92 Å². The van der Waals surface area contributed by atoms with Gasteiger partial charge in [-0.05, 0) is 70.4 Å². The highest BCUT2D eigenvalue weighted by Gasteiger charge is 2.60. The Morgan fingerprint density at radius 2 is 1.82 bits per heavy atom. The fraction of sp³-hybridized carbons (Fsp3) is 0.286. The average Bonchev–Trinajstić information content (AvgIpc) is 3.46. The van der Waals surface area contributed by atoms with Gasteiger partial charge >= 0.3 is 0 Å². The highest BCUT2D eigenvalue weighted by Crippen LogP contribution is 2.50. The van der Waals surface area contributed by atoms with Crippen molar-refractivity contribution in [3.8, 4) is 17.2 Å². The van der Waals surface area contributed by atoms with E-state index in [0.717, 1.165) is 17.7 Å². The van der Waals surface area contributed by atoms with Crippen LogP contribution in [0.1, 0.15) is 31.4 Å². The van der Waals surface area contributed by atoms with Gasteiger partial charge in [-0.15, -0.1) is 0 Å². The van der Waals surface area contributed by atoms with Crippen molar-refractivity contribution >= 4 is 44.8 Å². The summed E-state index contributed by atoms with van der Waals surface area (Å²) < 4.78 is 11.3. The van der Waals surface area contributed by atoms with Crippen molar-refractivity contribution < 1.29 is 33.9 Å². The topological polar surface area (TPSA) is 132 Å². The molecule has 0 bridgehead atoms. The van der Waals surface area contributed by atoms with Gasteiger partial charge in [0.25, 0.3) is 11.6 Å². The number of nitro benzene ring substituents is 1. The van der Waals surface area contributed by atoms with Gasteiger partial charge in [0.05, 0.1) is 40.5 Å². The number of hydrogen-bond donors (Lipinski definition) is 1. The van der Waals surface area contributed by atoms with Gasteiger partial charge in [0, 0.05) is 12.1 Å². The van der Waals surface area contributed by atoms with Gasteiger partial charge in [-0.2, -0.15) is 0 Å². The summed E-state index contributed by atoms with van der Waals surface area (Å²) in [5, 5.41) is 23.2. The molecule has 2 heterocycles. The molecule has 2 amide bonds. The number of unbranched alkanes of at least 4 members (excludes halogenated alkanes) is 1. The summed E-state index contributed by atoms with van der Waals surface area (Å²) >= 11 is 3.32. The van der Waals surface area contributed by atoms with Crippen LogP contribution in [0.15, 0.2) is 65.1 Å². The number of phenols is 1. The molecule has 0 saturated carbocycles. The molecule has 0 aromatic heterocycles. The van der Waals surface area contributed by atoms with E-state index in [0.29, 0.717) is 28.1 Å². The first kappa shape index (κ1) is 27.4.